The van der Waals surface area contributed by atoms with Crippen LogP contribution in [0.25, 0.3) is 0 Å². The van der Waals surface area contributed by atoms with Gasteiger partial charge in [0.2, 0.25) is 35.4 Å². The fraction of sp³-hybridized carbons (Fsp3) is 0.702. The van der Waals surface area contributed by atoms with E-state index >= 15 is 0 Å². The standard InChI is InChI=1S/C57H92N8O12/c1-15-38(6)51(43(75-13)35-48(70)64-33-22-26-42(64)52(76-14)39(7)53(71)58-41(56(74)77-57(8,9)10)34-40-24-18-16-19-25-40)63(12)55(73)49(36(2)3)59-54(72)50(37(4)5)62(11)31-23-28-45(67)61-60-44(66)27-20-17-21-32-65-46(68)29-30-47(65)69/h16,18-19,24-25,29-30,36-39,41-43,49-52H,15,17,20-23,26-28,31-35H2,1-14H3,(H,58,71)(H,59,72)(H,60,66)(H,61,67)/t38?,39?,41?,42-,43?,49?,50?,51?,52?/m0/s1. The lowest BCUT2D eigenvalue weighted by Crippen LogP contribution is -2.60. The Labute approximate surface area is 457 Å². The number of nitrogens with one attached hydrogen (secondary N) is 4. The first-order valence-corrected chi connectivity index (χ1v) is 27.6. The van der Waals surface area contributed by atoms with E-state index in [2.05, 4.69) is 21.5 Å². The number of esters is 1. The molecule has 2 aliphatic heterocycles. The third-order valence-electron chi connectivity index (χ3n) is 14.6. The number of amides is 8. The van der Waals surface area contributed by atoms with Crippen molar-refractivity contribution >= 4 is 53.2 Å². The number of hydrogen-bond acceptors (Lipinski definition) is 13. The van der Waals surface area contributed by atoms with Crippen molar-refractivity contribution in [2.75, 3.05) is 47.9 Å². The second-order valence-electron chi connectivity index (χ2n) is 22.4. The lowest BCUT2D eigenvalue weighted by molar-refractivity contribution is -0.159. The zero-order valence-corrected chi connectivity index (χ0v) is 48.5. The van der Waals surface area contributed by atoms with Gasteiger partial charge in [-0.2, -0.15) is 0 Å². The van der Waals surface area contributed by atoms with Gasteiger partial charge in [-0.3, -0.25) is 59.0 Å². The van der Waals surface area contributed by atoms with Crippen LogP contribution in [0.1, 0.15) is 139 Å². The van der Waals surface area contributed by atoms with Crippen molar-refractivity contribution < 1.29 is 57.4 Å². The number of likely N-dealkylation sites (tertiary alicyclic amines) is 1. The van der Waals surface area contributed by atoms with Crippen molar-refractivity contribution in [1.29, 1.82) is 0 Å². The molecule has 1 saturated heterocycles. The van der Waals surface area contributed by atoms with Crippen molar-refractivity contribution in [3.05, 3.63) is 48.0 Å². The maximum Gasteiger partial charge on any atom is 0.329 e. The first kappa shape index (κ1) is 65.6. The molecule has 20 nitrogen and oxygen atoms in total. The normalized spacial score (nSPS) is 17.9. The number of benzene rings is 1. The Morgan fingerprint density at radius 3 is 1.94 bits per heavy atom. The molecule has 1 aromatic carbocycles. The van der Waals surface area contributed by atoms with Gasteiger partial charge in [0, 0.05) is 65.8 Å². The van der Waals surface area contributed by atoms with Gasteiger partial charge < -0.3 is 34.6 Å². The molecule has 0 saturated carbocycles. The van der Waals surface area contributed by atoms with Crippen LogP contribution in [-0.4, -0.2) is 169 Å². The minimum absolute atomic E-state index is 0.0646. The van der Waals surface area contributed by atoms with Gasteiger partial charge in [-0.15, -0.1) is 0 Å². The molecule has 2 heterocycles. The summed E-state index contributed by atoms with van der Waals surface area (Å²) in [7, 11) is 6.51. The maximum absolute atomic E-state index is 14.7. The molecule has 3 rings (SSSR count). The van der Waals surface area contributed by atoms with Crippen LogP contribution in [-0.2, 0) is 63.8 Å². The summed E-state index contributed by atoms with van der Waals surface area (Å²) >= 11 is 0. The highest BCUT2D eigenvalue weighted by atomic mass is 16.6. The molecular formula is C57H92N8O12. The number of hydrazine groups is 1. The van der Waals surface area contributed by atoms with E-state index in [1.54, 1.807) is 51.6 Å². The molecule has 0 spiro atoms. The summed E-state index contributed by atoms with van der Waals surface area (Å²) in [6.07, 6.45) is 5.43. The van der Waals surface area contributed by atoms with Crippen LogP contribution in [0.2, 0.25) is 0 Å². The fourth-order valence-electron chi connectivity index (χ4n) is 10.3. The predicted molar refractivity (Wildman–Crippen MR) is 292 cm³/mol. The average Bonchev–Trinajstić information content (AvgIpc) is 3.98. The second kappa shape index (κ2) is 31.6. The number of likely N-dealkylation sites (N-methyl/N-ethyl adjacent to an activating group) is 2. The van der Waals surface area contributed by atoms with Crippen LogP contribution in [0.5, 0.6) is 0 Å². The summed E-state index contributed by atoms with van der Waals surface area (Å²) in [5.41, 5.74) is 4.94. The van der Waals surface area contributed by atoms with E-state index in [0.29, 0.717) is 58.0 Å². The molecule has 9 atom stereocenters. The van der Waals surface area contributed by atoms with Gasteiger partial charge in [-0.05, 0) is 89.8 Å². The number of carbonyl (C=O) groups excluding carboxylic acids is 9. The Morgan fingerprint density at radius 2 is 1.39 bits per heavy atom. The fourth-order valence-corrected chi connectivity index (χ4v) is 10.3. The molecule has 8 unspecified atom stereocenters. The van der Waals surface area contributed by atoms with Crippen molar-refractivity contribution in [3.8, 4) is 0 Å². The molecule has 20 heteroatoms. The third kappa shape index (κ3) is 20.2. The highest BCUT2D eigenvalue weighted by Gasteiger charge is 2.44. The molecular weight excluding hydrogens is 989 g/mol. The van der Waals surface area contributed by atoms with E-state index in [1.807, 2.05) is 76.8 Å². The minimum Gasteiger partial charge on any atom is -0.458 e. The van der Waals surface area contributed by atoms with Gasteiger partial charge in [-0.1, -0.05) is 91.6 Å². The van der Waals surface area contributed by atoms with Gasteiger partial charge in [0.15, 0.2) is 0 Å². The Hall–Kier alpha value is -5.73. The summed E-state index contributed by atoms with van der Waals surface area (Å²) in [6, 6.07) is 5.81. The monoisotopic (exact) mass is 1080 g/mol. The zero-order chi connectivity index (χ0) is 57.7. The largest absolute Gasteiger partial charge is 0.458 e. The predicted octanol–water partition coefficient (Wildman–Crippen LogP) is 4.49. The first-order valence-electron chi connectivity index (χ1n) is 27.6. The van der Waals surface area contributed by atoms with Crippen LogP contribution < -0.4 is 21.5 Å². The SMILES string of the molecule is CCC(C)C(C(CC(=O)N1CCC[C@H]1C(OC)C(C)C(=O)NC(Cc1ccccc1)C(=O)OC(C)(C)C)OC)N(C)C(=O)C(NC(=O)C(C(C)C)N(C)CCCC(=O)NNC(=O)CCCCCN1C(=O)C=CC1=O)C(C)C. The molecule has 1 aromatic rings. The van der Waals surface area contributed by atoms with Crippen LogP contribution in [0.3, 0.4) is 0 Å². The van der Waals surface area contributed by atoms with Gasteiger partial charge in [0.1, 0.15) is 17.7 Å². The molecule has 0 radical (unpaired) electrons. The second-order valence-corrected chi connectivity index (χ2v) is 22.4. The summed E-state index contributed by atoms with van der Waals surface area (Å²) < 4.78 is 17.8. The topological polar surface area (TPSA) is 242 Å². The summed E-state index contributed by atoms with van der Waals surface area (Å²) in [5, 5.41) is 5.98. The summed E-state index contributed by atoms with van der Waals surface area (Å²) in [5.74, 6) is -4.67. The molecule has 0 aliphatic carbocycles. The Balaban J connectivity index is 1.64. The lowest BCUT2D eigenvalue weighted by Gasteiger charge is -2.41. The Kier molecular flexibility index (Phi) is 26.9. The smallest absolute Gasteiger partial charge is 0.329 e. The van der Waals surface area contributed by atoms with Crippen LogP contribution in [0.15, 0.2) is 42.5 Å². The van der Waals surface area contributed by atoms with Crippen molar-refractivity contribution in [2.24, 2.45) is 23.7 Å². The van der Waals surface area contributed by atoms with Gasteiger partial charge in [0.25, 0.3) is 11.8 Å². The third-order valence-corrected chi connectivity index (χ3v) is 14.6. The minimum atomic E-state index is -0.961. The van der Waals surface area contributed by atoms with Crippen LogP contribution in [0.4, 0.5) is 0 Å². The Morgan fingerprint density at radius 1 is 0.779 bits per heavy atom. The van der Waals surface area contributed by atoms with Gasteiger partial charge >= 0.3 is 5.97 Å². The molecule has 8 amide bonds. The number of imide groups is 1. The number of ether oxygens (including phenoxy) is 3. The Bertz CT molecular complexity index is 2150. The molecule has 1 fully saturated rings. The number of methoxy groups -OCH3 is 2. The van der Waals surface area contributed by atoms with Gasteiger partial charge in [-0.25, -0.2) is 4.79 Å². The van der Waals surface area contributed by atoms with E-state index < -0.39 is 71.7 Å². The maximum atomic E-state index is 14.7. The van der Waals surface area contributed by atoms with E-state index in [4.69, 9.17) is 14.2 Å². The summed E-state index contributed by atoms with van der Waals surface area (Å²) in [4.78, 5) is 126. The molecule has 4 N–H and O–H groups in total. The average molecular weight is 1080 g/mol. The van der Waals surface area contributed by atoms with Crippen molar-refractivity contribution in [1.82, 2.24) is 41.1 Å². The number of unbranched alkanes of at least 4 members (excludes halogenated alkanes) is 2. The zero-order valence-electron chi connectivity index (χ0n) is 48.5. The molecule has 0 bridgehead atoms. The van der Waals surface area contributed by atoms with Gasteiger partial charge in [0.05, 0.1) is 42.7 Å². The highest BCUT2D eigenvalue weighted by molar-refractivity contribution is 6.12. The van der Waals surface area contributed by atoms with Crippen molar-refractivity contribution in [2.45, 2.75) is 188 Å². The molecule has 77 heavy (non-hydrogen) atoms. The van der Waals surface area contributed by atoms with E-state index in [9.17, 15) is 43.2 Å². The molecule has 2 aliphatic rings. The number of nitrogens with zero attached hydrogens (tertiary/aromatic N) is 4. The highest BCUT2D eigenvalue weighted by Crippen LogP contribution is 2.30. The quantitative estimate of drug-likeness (QED) is 0.0348. The van der Waals surface area contributed by atoms with E-state index in [0.717, 1.165) is 10.5 Å². The van der Waals surface area contributed by atoms with Crippen LogP contribution in [0, 0.1) is 23.7 Å². The number of hydrogen-bond donors (Lipinski definition) is 4. The first-order chi connectivity index (χ1) is 36.3. The summed E-state index contributed by atoms with van der Waals surface area (Å²) in [6.45, 7) is 19.7. The van der Waals surface area contributed by atoms with E-state index in [-0.39, 0.29) is 85.4 Å². The van der Waals surface area contributed by atoms with Crippen molar-refractivity contribution in [3.63, 3.8) is 0 Å². The van der Waals surface area contributed by atoms with E-state index in [1.165, 1.54) is 26.4 Å². The lowest BCUT2D eigenvalue weighted by atomic mass is 9.89. The number of carbonyl (C=O) groups is 9. The molecule has 0 aromatic heterocycles. The number of rotatable bonds is 31. The molecule has 432 valence electrons. The van der Waals surface area contributed by atoms with Crippen LogP contribution >= 0.6 is 0 Å².